The van der Waals surface area contributed by atoms with Crippen molar-refractivity contribution in [1.82, 2.24) is 0 Å². The van der Waals surface area contributed by atoms with Crippen LogP contribution in [-0.4, -0.2) is 12.4 Å². The smallest absolute Gasteiger partial charge is 0.174 e. The molecule has 0 aliphatic carbocycles. The fraction of sp³-hybridized carbons (Fsp3) is 0.125. The van der Waals surface area contributed by atoms with Gasteiger partial charge in [0.2, 0.25) is 0 Å². The van der Waals surface area contributed by atoms with Crippen LogP contribution < -0.4 is 4.74 Å². The Hall–Kier alpha value is -2.60. The summed E-state index contributed by atoms with van der Waals surface area (Å²) in [5.41, 5.74) is 1.55. The first-order valence-corrected chi connectivity index (χ1v) is 5.96. The molecule has 2 rings (SSSR count). The first-order valence-electron chi connectivity index (χ1n) is 5.96. The van der Waals surface area contributed by atoms with Crippen molar-refractivity contribution in [2.24, 2.45) is 0 Å². The lowest BCUT2D eigenvalue weighted by Gasteiger charge is -2.05. The summed E-state index contributed by atoms with van der Waals surface area (Å²) >= 11 is 0. The lowest BCUT2D eigenvalue weighted by Crippen LogP contribution is -2.13. The highest BCUT2D eigenvalue weighted by atomic mass is 16.5. The number of rotatable bonds is 5. The second kappa shape index (κ2) is 6.36. The van der Waals surface area contributed by atoms with E-state index in [0.717, 1.165) is 5.56 Å². The Morgan fingerprint density at radius 3 is 2.37 bits per heavy atom. The van der Waals surface area contributed by atoms with Crippen molar-refractivity contribution in [3.05, 3.63) is 65.7 Å². The predicted molar refractivity (Wildman–Crippen MR) is 71.8 cm³/mol. The number of ketones is 1. The average Bonchev–Trinajstić information content (AvgIpc) is 2.47. The van der Waals surface area contributed by atoms with Crippen molar-refractivity contribution in [1.29, 1.82) is 5.26 Å². The first-order chi connectivity index (χ1) is 9.28. The molecule has 0 amide bonds. The summed E-state index contributed by atoms with van der Waals surface area (Å²) in [5.74, 6) is 0.621. The molecule has 0 atom stereocenters. The van der Waals surface area contributed by atoms with E-state index in [0.29, 0.717) is 17.7 Å². The van der Waals surface area contributed by atoms with E-state index < -0.39 is 0 Å². The molecule has 0 fully saturated rings. The molecule has 2 aromatic carbocycles. The molecule has 0 N–H and O–H groups in total. The van der Waals surface area contributed by atoms with E-state index in [-0.39, 0.29) is 12.4 Å². The third-order valence-electron chi connectivity index (χ3n) is 2.63. The topological polar surface area (TPSA) is 50.1 Å². The van der Waals surface area contributed by atoms with Gasteiger partial charge in [0.25, 0.3) is 0 Å². The fourth-order valence-corrected chi connectivity index (χ4v) is 1.66. The van der Waals surface area contributed by atoms with Gasteiger partial charge >= 0.3 is 0 Å². The van der Waals surface area contributed by atoms with Crippen molar-refractivity contribution in [3.8, 4) is 11.8 Å². The Labute approximate surface area is 112 Å². The molecule has 19 heavy (non-hydrogen) atoms. The third kappa shape index (κ3) is 3.97. The Morgan fingerprint density at radius 2 is 1.74 bits per heavy atom. The van der Waals surface area contributed by atoms with Crippen LogP contribution in [0.15, 0.2) is 54.6 Å². The van der Waals surface area contributed by atoms with Crippen molar-refractivity contribution in [3.63, 3.8) is 0 Å². The van der Waals surface area contributed by atoms with Crippen molar-refractivity contribution in [2.45, 2.75) is 6.42 Å². The third-order valence-corrected chi connectivity index (χ3v) is 2.63. The standard InChI is InChI=1S/C16H13NO2/c17-11-14-6-8-16(9-7-14)19-12-15(18)10-13-4-2-1-3-5-13/h1-9H,10,12H2. The van der Waals surface area contributed by atoms with E-state index in [1.807, 2.05) is 36.4 Å². The number of carbonyl (C=O) groups excluding carboxylic acids is 1. The highest BCUT2D eigenvalue weighted by Gasteiger charge is 2.04. The summed E-state index contributed by atoms with van der Waals surface area (Å²) < 4.78 is 5.38. The zero-order chi connectivity index (χ0) is 13.5. The maximum Gasteiger partial charge on any atom is 0.174 e. The van der Waals surface area contributed by atoms with Crippen LogP contribution >= 0.6 is 0 Å². The molecule has 0 aromatic heterocycles. The molecule has 3 heteroatoms. The summed E-state index contributed by atoms with van der Waals surface area (Å²) in [4.78, 5) is 11.7. The van der Waals surface area contributed by atoms with Gasteiger partial charge in [-0.1, -0.05) is 30.3 Å². The quantitative estimate of drug-likeness (QED) is 0.821. The molecule has 0 radical (unpaired) electrons. The normalized spacial score (nSPS) is 9.63. The first kappa shape index (κ1) is 12.8. The van der Waals surface area contributed by atoms with E-state index in [1.54, 1.807) is 24.3 Å². The lowest BCUT2D eigenvalue weighted by molar-refractivity contribution is -0.120. The Morgan fingerprint density at radius 1 is 1.05 bits per heavy atom. The molecular formula is C16H13NO2. The molecule has 0 aliphatic heterocycles. The van der Waals surface area contributed by atoms with Gasteiger partial charge in [-0.15, -0.1) is 0 Å². The number of hydrogen-bond donors (Lipinski definition) is 0. The molecule has 0 saturated heterocycles. The molecule has 2 aromatic rings. The number of benzene rings is 2. The summed E-state index contributed by atoms with van der Waals surface area (Å²) in [7, 11) is 0. The molecule has 0 spiro atoms. The van der Waals surface area contributed by atoms with Crippen LogP contribution in [-0.2, 0) is 11.2 Å². The number of Topliss-reactive ketones (excluding diaryl/α,β-unsaturated/α-hetero) is 1. The molecule has 0 saturated carbocycles. The zero-order valence-corrected chi connectivity index (χ0v) is 10.4. The summed E-state index contributed by atoms with van der Waals surface area (Å²) in [6.07, 6.45) is 0.372. The maximum atomic E-state index is 11.7. The van der Waals surface area contributed by atoms with Crippen LogP contribution in [0.2, 0.25) is 0 Å². The number of hydrogen-bond acceptors (Lipinski definition) is 3. The summed E-state index contributed by atoms with van der Waals surface area (Å²) in [6, 6.07) is 18.3. The lowest BCUT2D eigenvalue weighted by atomic mass is 10.1. The molecule has 0 aliphatic rings. The zero-order valence-electron chi connectivity index (χ0n) is 10.4. The molecular weight excluding hydrogens is 238 g/mol. The van der Waals surface area contributed by atoms with Gasteiger partial charge in [0.1, 0.15) is 12.4 Å². The molecule has 3 nitrogen and oxygen atoms in total. The average molecular weight is 251 g/mol. The fourth-order valence-electron chi connectivity index (χ4n) is 1.66. The van der Waals surface area contributed by atoms with E-state index >= 15 is 0 Å². The van der Waals surface area contributed by atoms with Gasteiger partial charge in [0.05, 0.1) is 11.6 Å². The van der Waals surface area contributed by atoms with E-state index in [4.69, 9.17) is 10.00 Å². The Kier molecular flexibility index (Phi) is 4.30. The second-order valence-electron chi connectivity index (χ2n) is 4.13. The van der Waals surface area contributed by atoms with Crippen LogP contribution in [0, 0.1) is 11.3 Å². The number of ether oxygens (including phenoxy) is 1. The molecule has 0 unspecified atom stereocenters. The highest BCUT2D eigenvalue weighted by Crippen LogP contribution is 2.11. The maximum absolute atomic E-state index is 11.7. The van der Waals surface area contributed by atoms with Gasteiger partial charge in [0.15, 0.2) is 5.78 Å². The molecule has 0 bridgehead atoms. The highest BCUT2D eigenvalue weighted by molar-refractivity contribution is 5.82. The van der Waals surface area contributed by atoms with Gasteiger partial charge in [-0.25, -0.2) is 0 Å². The molecule has 0 heterocycles. The van der Waals surface area contributed by atoms with Crippen LogP contribution in [0.4, 0.5) is 0 Å². The second-order valence-corrected chi connectivity index (χ2v) is 4.13. The Bertz CT molecular complexity index is 582. The van der Waals surface area contributed by atoms with Gasteiger partial charge in [-0.05, 0) is 29.8 Å². The van der Waals surface area contributed by atoms with Gasteiger partial charge < -0.3 is 4.74 Å². The summed E-state index contributed by atoms with van der Waals surface area (Å²) in [5, 5.41) is 8.67. The Balaban J connectivity index is 1.85. The monoisotopic (exact) mass is 251 g/mol. The predicted octanol–water partition coefficient (Wildman–Crippen LogP) is 2.75. The largest absolute Gasteiger partial charge is 0.486 e. The van der Waals surface area contributed by atoms with E-state index in [2.05, 4.69) is 0 Å². The molecule has 94 valence electrons. The van der Waals surface area contributed by atoms with Crippen LogP contribution in [0.3, 0.4) is 0 Å². The minimum atomic E-state index is 0.0237. The van der Waals surface area contributed by atoms with Gasteiger partial charge in [-0.3, -0.25) is 4.79 Å². The van der Waals surface area contributed by atoms with Gasteiger partial charge in [-0.2, -0.15) is 5.26 Å². The number of carbonyl (C=O) groups is 1. The number of nitriles is 1. The minimum absolute atomic E-state index is 0.0237. The van der Waals surface area contributed by atoms with E-state index in [1.165, 1.54) is 0 Å². The number of nitrogens with zero attached hydrogens (tertiary/aromatic N) is 1. The van der Waals surface area contributed by atoms with Crippen LogP contribution in [0.25, 0.3) is 0 Å². The van der Waals surface area contributed by atoms with Crippen LogP contribution in [0.1, 0.15) is 11.1 Å². The SMILES string of the molecule is N#Cc1ccc(OCC(=O)Cc2ccccc2)cc1. The van der Waals surface area contributed by atoms with Crippen molar-refractivity contribution in [2.75, 3.05) is 6.61 Å². The van der Waals surface area contributed by atoms with Crippen molar-refractivity contribution < 1.29 is 9.53 Å². The van der Waals surface area contributed by atoms with Crippen molar-refractivity contribution >= 4 is 5.78 Å². The van der Waals surface area contributed by atoms with Crippen LogP contribution in [0.5, 0.6) is 5.75 Å². The minimum Gasteiger partial charge on any atom is -0.486 e. The summed E-state index contributed by atoms with van der Waals surface area (Å²) in [6.45, 7) is 0.0425. The van der Waals surface area contributed by atoms with E-state index in [9.17, 15) is 4.79 Å². The van der Waals surface area contributed by atoms with Gasteiger partial charge in [0, 0.05) is 6.42 Å².